The lowest BCUT2D eigenvalue weighted by atomic mass is 9.78. The van der Waals surface area contributed by atoms with Gasteiger partial charge in [0, 0.05) is 0 Å². The van der Waals surface area contributed by atoms with Gasteiger partial charge in [0.05, 0.1) is 0 Å². The largest absolute Gasteiger partial charge is 0.103 e. The molecule has 0 unspecified atom stereocenters. The summed E-state index contributed by atoms with van der Waals surface area (Å²) >= 11 is 0. The summed E-state index contributed by atoms with van der Waals surface area (Å²) in [5, 5.41) is 0. The van der Waals surface area contributed by atoms with Crippen molar-refractivity contribution in [3.05, 3.63) is 85.0 Å². The second-order valence-electron chi connectivity index (χ2n) is 6.99. The average Bonchev–Trinajstić information content (AvgIpc) is 2.67. The first kappa shape index (κ1) is 16.8. The van der Waals surface area contributed by atoms with Crippen LogP contribution in [0.4, 0.5) is 0 Å². The standard InChI is InChI=1S/C24H28/c1-3-5-6-20-9-13-22(14-10-20)24-17-15-23(16-18-24)21-11-7-19(4-2)8-12-21/h3-4,9-10,13-19,21H,1-2,5-8,11-12H2. The van der Waals surface area contributed by atoms with Crippen LogP contribution in [0.1, 0.15) is 49.1 Å². The van der Waals surface area contributed by atoms with Crippen LogP contribution in [-0.2, 0) is 6.42 Å². The SMILES string of the molecule is C=CCCc1ccc(-c2ccc(C3CCC(C=C)CC3)cc2)cc1. The van der Waals surface area contributed by atoms with Gasteiger partial charge in [-0.15, -0.1) is 13.2 Å². The molecule has 0 saturated heterocycles. The van der Waals surface area contributed by atoms with E-state index in [0.717, 1.165) is 24.7 Å². The number of aryl methyl sites for hydroxylation is 1. The molecule has 0 aliphatic heterocycles. The van der Waals surface area contributed by atoms with Gasteiger partial charge in [-0.05, 0) is 72.6 Å². The minimum atomic E-state index is 0.733. The van der Waals surface area contributed by atoms with Gasteiger partial charge in [0.2, 0.25) is 0 Å². The van der Waals surface area contributed by atoms with Crippen LogP contribution in [0.2, 0.25) is 0 Å². The van der Waals surface area contributed by atoms with Crippen LogP contribution in [0.15, 0.2) is 73.8 Å². The van der Waals surface area contributed by atoms with Crippen molar-refractivity contribution in [1.82, 2.24) is 0 Å². The average molecular weight is 316 g/mol. The van der Waals surface area contributed by atoms with Crippen LogP contribution in [-0.4, -0.2) is 0 Å². The van der Waals surface area contributed by atoms with Crippen LogP contribution >= 0.6 is 0 Å². The molecule has 0 heterocycles. The van der Waals surface area contributed by atoms with Gasteiger partial charge >= 0.3 is 0 Å². The fourth-order valence-electron chi connectivity index (χ4n) is 3.77. The third-order valence-electron chi connectivity index (χ3n) is 5.41. The van der Waals surface area contributed by atoms with E-state index in [-0.39, 0.29) is 0 Å². The molecule has 1 aliphatic rings. The van der Waals surface area contributed by atoms with Crippen LogP contribution in [0.3, 0.4) is 0 Å². The maximum Gasteiger partial charge on any atom is -0.0162 e. The van der Waals surface area contributed by atoms with Crippen molar-refractivity contribution in [2.24, 2.45) is 5.92 Å². The Balaban J connectivity index is 1.66. The lowest BCUT2D eigenvalue weighted by Gasteiger charge is -2.27. The fraction of sp³-hybridized carbons (Fsp3) is 0.333. The molecule has 0 amide bonds. The fourth-order valence-corrected chi connectivity index (χ4v) is 3.77. The van der Waals surface area contributed by atoms with Gasteiger partial charge in [-0.2, -0.15) is 0 Å². The summed E-state index contributed by atoms with van der Waals surface area (Å²) < 4.78 is 0. The van der Waals surface area contributed by atoms with E-state index >= 15 is 0 Å². The summed E-state index contributed by atoms with van der Waals surface area (Å²) in [4.78, 5) is 0. The highest BCUT2D eigenvalue weighted by Crippen LogP contribution is 2.36. The highest BCUT2D eigenvalue weighted by Gasteiger charge is 2.20. The Hall–Kier alpha value is -2.08. The van der Waals surface area contributed by atoms with Gasteiger partial charge < -0.3 is 0 Å². The molecule has 2 aromatic rings. The molecule has 1 saturated carbocycles. The molecule has 0 aromatic heterocycles. The molecule has 0 atom stereocenters. The van der Waals surface area contributed by atoms with Crippen molar-refractivity contribution in [2.45, 2.75) is 44.4 Å². The van der Waals surface area contributed by atoms with Crippen molar-refractivity contribution in [2.75, 3.05) is 0 Å². The van der Waals surface area contributed by atoms with Crippen LogP contribution in [0.25, 0.3) is 11.1 Å². The normalized spacial score (nSPS) is 20.5. The Labute approximate surface area is 146 Å². The van der Waals surface area contributed by atoms with E-state index in [1.54, 1.807) is 0 Å². The van der Waals surface area contributed by atoms with Gasteiger partial charge in [-0.25, -0.2) is 0 Å². The number of benzene rings is 2. The number of rotatable bonds is 6. The molecular weight excluding hydrogens is 288 g/mol. The highest BCUT2D eigenvalue weighted by molar-refractivity contribution is 5.64. The summed E-state index contributed by atoms with van der Waals surface area (Å²) in [6.45, 7) is 7.74. The van der Waals surface area contributed by atoms with E-state index in [9.17, 15) is 0 Å². The smallest absolute Gasteiger partial charge is 0.0162 e. The van der Waals surface area contributed by atoms with Crippen molar-refractivity contribution in [1.29, 1.82) is 0 Å². The molecule has 0 bridgehead atoms. The van der Waals surface area contributed by atoms with Crippen LogP contribution < -0.4 is 0 Å². The summed E-state index contributed by atoms with van der Waals surface area (Å²) in [7, 11) is 0. The number of allylic oxidation sites excluding steroid dienone is 2. The Bertz CT molecular complexity index is 652. The lowest BCUT2D eigenvalue weighted by molar-refractivity contribution is 0.376. The third kappa shape index (κ3) is 4.06. The van der Waals surface area contributed by atoms with Crippen molar-refractivity contribution < 1.29 is 0 Å². The summed E-state index contributed by atoms with van der Waals surface area (Å²) in [5.74, 6) is 1.47. The first-order valence-electron chi connectivity index (χ1n) is 9.23. The van der Waals surface area contributed by atoms with Crippen LogP contribution in [0, 0.1) is 5.92 Å². The minimum Gasteiger partial charge on any atom is -0.103 e. The predicted molar refractivity (Wildman–Crippen MR) is 105 cm³/mol. The molecule has 0 heteroatoms. The van der Waals surface area contributed by atoms with E-state index in [0.29, 0.717) is 0 Å². The lowest BCUT2D eigenvalue weighted by Crippen LogP contribution is -2.11. The van der Waals surface area contributed by atoms with Crippen molar-refractivity contribution >= 4 is 0 Å². The Morgan fingerprint density at radius 2 is 1.38 bits per heavy atom. The van der Waals surface area contributed by atoms with Crippen molar-refractivity contribution in [3.8, 4) is 11.1 Å². The molecule has 3 rings (SSSR count). The molecule has 124 valence electrons. The molecule has 1 fully saturated rings. The Morgan fingerprint density at radius 3 is 1.92 bits per heavy atom. The number of hydrogen-bond donors (Lipinski definition) is 0. The predicted octanol–water partition coefficient (Wildman–Crippen LogP) is 6.93. The second-order valence-corrected chi connectivity index (χ2v) is 6.99. The zero-order valence-corrected chi connectivity index (χ0v) is 14.6. The van der Waals surface area contributed by atoms with Gasteiger partial charge in [0.15, 0.2) is 0 Å². The van der Waals surface area contributed by atoms with Gasteiger partial charge in [-0.3, -0.25) is 0 Å². The summed E-state index contributed by atoms with van der Waals surface area (Å²) in [6.07, 6.45) is 11.4. The molecule has 24 heavy (non-hydrogen) atoms. The monoisotopic (exact) mass is 316 g/mol. The maximum absolute atomic E-state index is 3.94. The van der Waals surface area contributed by atoms with E-state index in [4.69, 9.17) is 0 Å². The molecule has 0 nitrogen and oxygen atoms in total. The molecule has 0 spiro atoms. The molecule has 1 aliphatic carbocycles. The maximum atomic E-state index is 3.94. The third-order valence-corrected chi connectivity index (χ3v) is 5.41. The first-order chi connectivity index (χ1) is 11.8. The van der Waals surface area contributed by atoms with E-state index in [1.807, 2.05) is 6.08 Å². The molecule has 0 radical (unpaired) electrons. The zero-order chi connectivity index (χ0) is 16.8. The van der Waals surface area contributed by atoms with E-state index in [2.05, 4.69) is 67.8 Å². The van der Waals surface area contributed by atoms with E-state index in [1.165, 1.54) is 47.9 Å². The van der Waals surface area contributed by atoms with Gasteiger partial charge in [0.1, 0.15) is 0 Å². The summed E-state index contributed by atoms with van der Waals surface area (Å²) in [6, 6.07) is 18.2. The minimum absolute atomic E-state index is 0.733. The van der Waals surface area contributed by atoms with Crippen molar-refractivity contribution in [3.63, 3.8) is 0 Å². The quantitative estimate of drug-likeness (QED) is 0.507. The molecular formula is C24H28. The Morgan fingerprint density at radius 1 is 0.792 bits per heavy atom. The number of hydrogen-bond acceptors (Lipinski definition) is 0. The van der Waals surface area contributed by atoms with E-state index < -0.39 is 0 Å². The zero-order valence-electron chi connectivity index (χ0n) is 14.6. The van der Waals surface area contributed by atoms with Crippen LogP contribution in [0.5, 0.6) is 0 Å². The Kier molecular flexibility index (Phi) is 5.69. The van der Waals surface area contributed by atoms with Gasteiger partial charge in [0.25, 0.3) is 0 Å². The second kappa shape index (κ2) is 8.15. The van der Waals surface area contributed by atoms with Gasteiger partial charge in [-0.1, -0.05) is 60.7 Å². The topological polar surface area (TPSA) is 0 Å². The molecule has 0 N–H and O–H groups in total. The highest BCUT2D eigenvalue weighted by atomic mass is 14.2. The molecule has 2 aromatic carbocycles. The first-order valence-corrected chi connectivity index (χ1v) is 9.23. The summed E-state index contributed by atoms with van der Waals surface area (Å²) in [5.41, 5.74) is 5.51.